The molecule has 3 aromatic heterocycles. The third-order valence-electron chi connectivity index (χ3n) is 6.17. The lowest BCUT2D eigenvalue weighted by Crippen LogP contribution is -2.17. The Hall–Kier alpha value is -3.30. The molecule has 35 heavy (non-hydrogen) atoms. The Balaban J connectivity index is 1.38. The van der Waals surface area contributed by atoms with Gasteiger partial charge in [-0.25, -0.2) is 9.37 Å². The van der Waals surface area contributed by atoms with Gasteiger partial charge in [-0.1, -0.05) is 17.8 Å². The number of benzene rings is 1. The molecule has 7 nitrogen and oxygen atoms in total. The fourth-order valence-electron chi connectivity index (χ4n) is 4.46. The molecule has 1 atom stereocenters. The van der Waals surface area contributed by atoms with Crippen molar-refractivity contribution >= 4 is 17.5 Å². The van der Waals surface area contributed by atoms with Crippen LogP contribution in [-0.4, -0.2) is 48.6 Å². The standard InChI is InChI=1S/C26H26FN5O2S/c1-17-14-22(18(2)32(17)24-7-3-4-12-28-24)23(33)16-35-26-30-29-25(19-8-10-20(27)11-9-19)31(26)15-21-6-5-13-34-21/h3-4,7-12,14,21H,5-6,13,15-16H2,1-2H3/t21-/m0/s1. The average Bonchev–Trinajstić information content (AvgIpc) is 3.59. The average molecular weight is 492 g/mol. The van der Waals surface area contributed by atoms with E-state index in [2.05, 4.69) is 15.2 Å². The number of hydrogen-bond donors (Lipinski definition) is 0. The molecule has 0 amide bonds. The van der Waals surface area contributed by atoms with E-state index in [0.29, 0.717) is 23.1 Å². The number of pyridine rings is 1. The number of nitrogens with zero attached hydrogens (tertiary/aromatic N) is 5. The molecule has 1 aromatic carbocycles. The molecule has 0 N–H and O–H groups in total. The number of ketones is 1. The Morgan fingerprint density at radius 1 is 1.17 bits per heavy atom. The molecule has 1 aliphatic heterocycles. The number of thioether (sulfide) groups is 1. The maximum atomic E-state index is 13.5. The number of aromatic nitrogens is 5. The SMILES string of the molecule is Cc1cc(C(=O)CSc2nnc(-c3ccc(F)cc3)n2C[C@@H]2CCCO2)c(C)n1-c1ccccn1. The highest BCUT2D eigenvalue weighted by atomic mass is 32.2. The van der Waals surface area contributed by atoms with Crippen molar-refractivity contribution in [3.63, 3.8) is 0 Å². The van der Waals surface area contributed by atoms with Gasteiger partial charge in [-0.15, -0.1) is 10.2 Å². The Kier molecular flexibility index (Phi) is 6.79. The first-order valence-corrected chi connectivity index (χ1v) is 12.6. The summed E-state index contributed by atoms with van der Waals surface area (Å²) in [5, 5.41) is 9.39. The van der Waals surface area contributed by atoms with Gasteiger partial charge < -0.3 is 9.30 Å². The zero-order valence-electron chi connectivity index (χ0n) is 19.6. The number of carbonyl (C=O) groups is 1. The smallest absolute Gasteiger partial charge is 0.192 e. The number of aryl methyl sites for hydroxylation is 1. The molecule has 9 heteroatoms. The Morgan fingerprint density at radius 3 is 2.71 bits per heavy atom. The van der Waals surface area contributed by atoms with E-state index in [9.17, 15) is 9.18 Å². The van der Waals surface area contributed by atoms with E-state index < -0.39 is 0 Å². The van der Waals surface area contributed by atoms with E-state index in [1.165, 1.54) is 23.9 Å². The minimum absolute atomic E-state index is 0.0141. The Bertz CT molecular complexity index is 1330. The van der Waals surface area contributed by atoms with Crippen LogP contribution in [0.25, 0.3) is 17.2 Å². The van der Waals surface area contributed by atoms with Gasteiger partial charge in [0.25, 0.3) is 0 Å². The summed E-state index contributed by atoms with van der Waals surface area (Å²) in [6, 6.07) is 13.8. The van der Waals surface area contributed by atoms with Gasteiger partial charge in [0, 0.05) is 35.3 Å². The Morgan fingerprint density at radius 2 is 2.00 bits per heavy atom. The summed E-state index contributed by atoms with van der Waals surface area (Å²) < 4.78 is 23.3. The topological polar surface area (TPSA) is 74.8 Å². The van der Waals surface area contributed by atoms with Gasteiger partial charge in [0.1, 0.15) is 11.6 Å². The van der Waals surface area contributed by atoms with Crippen LogP contribution in [0.4, 0.5) is 4.39 Å². The van der Waals surface area contributed by atoms with Crippen molar-refractivity contribution < 1.29 is 13.9 Å². The summed E-state index contributed by atoms with van der Waals surface area (Å²) in [6.07, 6.45) is 3.79. The summed E-state index contributed by atoms with van der Waals surface area (Å²) in [4.78, 5) is 17.7. The van der Waals surface area contributed by atoms with Gasteiger partial charge in [-0.3, -0.25) is 9.36 Å². The van der Waals surface area contributed by atoms with E-state index in [-0.39, 0.29) is 23.5 Å². The van der Waals surface area contributed by atoms with Crippen LogP contribution >= 0.6 is 11.8 Å². The molecule has 4 heterocycles. The van der Waals surface area contributed by atoms with Crippen molar-refractivity contribution in [3.8, 4) is 17.2 Å². The monoisotopic (exact) mass is 491 g/mol. The lowest BCUT2D eigenvalue weighted by molar-refractivity contribution is 0.0953. The molecule has 1 aliphatic rings. The molecule has 180 valence electrons. The quantitative estimate of drug-likeness (QED) is 0.254. The number of Topliss-reactive ketones (excluding diaryl/α,β-unsaturated/α-hetero) is 1. The van der Waals surface area contributed by atoms with Crippen molar-refractivity contribution in [2.75, 3.05) is 12.4 Å². The molecule has 0 spiro atoms. The van der Waals surface area contributed by atoms with Gasteiger partial charge in [0.05, 0.1) is 18.4 Å². The van der Waals surface area contributed by atoms with Gasteiger partial charge in [-0.2, -0.15) is 0 Å². The van der Waals surface area contributed by atoms with Crippen molar-refractivity contribution in [1.82, 2.24) is 24.3 Å². The van der Waals surface area contributed by atoms with Gasteiger partial charge >= 0.3 is 0 Å². The van der Waals surface area contributed by atoms with E-state index in [1.807, 2.05) is 47.2 Å². The molecule has 5 rings (SSSR count). The number of rotatable bonds is 8. The highest BCUT2D eigenvalue weighted by Crippen LogP contribution is 2.28. The van der Waals surface area contributed by atoms with Crippen molar-refractivity contribution in [3.05, 3.63) is 77.5 Å². The van der Waals surface area contributed by atoms with E-state index in [4.69, 9.17) is 4.74 Å². The normalized spacial score (nSPS) is 15.6. The molecule has 0 aliphatic carbocycles. The summed E-state index contributed by atoms with van der Waals surface area (Å²) in [7, 11) is 0. The maximum absolute atomic E-state index is 13.5. The number of halogens is 1. The molecule has 0 saturated carbocycles. The predicted octanol–water partition coefficient (Wildman–Crippen LogP) is 5.04. The van der Waals surface area contributed by atoms with Gasteiger partial charge in [-0.05, 0) is 69.2 Å². The highest BCUT2D eigenvalue weighted by molar-refractivity contribution is 7.99. The fraction of sp³-hybridized carbons (Fsp3) is 0.308. The lowest BCUT2D eigenvalue weighted by Gasteiger charge is -2.14. The van der Waals surface area contributed by atoms with Crippen molar-refractivity contribution in [2.45, 2.75) is 44.5 Å². The summed E-state index contributed by atoms with van der Waals surface area (Å²) in [5.74, 6) is 1.36. The van der Waals surface area contributed by atoms with Gasteiger partial charge in [0.2, 0.25) is 0 Å². The number of hydrogen-bond acceptors (Lipinski definition) is 6. The third-order valence-corrected chi connectivity index (χ3v) is 7.14. The second kappa shape index (κ2) is 10.1. The molecule has 1 fully saturated rings. The van der Waals surface area contributed by atoms with Crippen molar-refractivity contribution in [1.29, 1.82) is 0 Å². The largest absolute Gasteiger partial charge is 0.376 e. The van der Waals surface area contributed by atoms with E-state index in [1.54, 1.807) is 18.3 Å². The van der Waals surface area contributed by atoms with Gasteiger partial charge in [0.15, 0.2) is 16.8 Å². The maximum Gasteiger partial charge on any atom is 0.192 e. The van der Waals surface area contributed by atoms with Crippen LogP contribution in [0.15, 0.2) is 59.9 Å². The molecular formula is C26H26FN5O2S. The molecule has 0 bridgehead atoms. The van der Waals surface area contributed by atoms with Crippen LogP contribution < -0.4 is 0 Å². The molecule has 0 unspecified atom stereocenters. The van der Waals surface area contributed by atoms with Crippen molar-refractivity contribution in [2.24, 2.45) is 0 Å². The fourth-order valence-corrected chi connectivity index (χ4v) is 5.29. The summed E-state index contributed by atoms with van der Waals surface area (Å²) >= 11 is 1.36. The highest BCUT2D eigenvalue weighted by Gasteiger charge is 2.23. The molecule has 0 radical (unpaired) electrons. The molecule has 1 saturated heterocycles. The third kappa shape index (κ3) is 4.92. The molecule has 4 aromatic rings. The lowest BCUT2D eigenvalue weighted by atomic mass is 10.2. The van der Waals surface area contributed by atoms with Crippen LogP contribution in [0.1, 0.15) is 34.6 Å². The minimum Gasteiger partial charge on any atom is -0.376 e. The second-order valence-corrected chi connectivity index (χ2v) is 9.52. The van der Waals surface area contributed by atoms with Crippen LogP contribution in [-0.2, 0) is 11.3 Å². The van der Waals surface area contributed by atoms with Crippen LogP contribution in [0.5, 0.6) is 0 Å². The molecular weight excluding hydrogens is 465 g/mol. The van der Waals surface area contributed by atoms with Crippen LogP contribution in [0, 0.1) is 19.7 Å². The first-order valence-electron chi connectivity index (χ1n) is 11.6. The zero-order chi connectivity index (χ0) is 24.4. The van der Waals surface area contributed by atoms with E-state index >= 15 is 0 Å². The summed E-state index contributed by atoms with van der Waals surface area (Å²) in [6.45, 7) is 5.24. The summed E-state index contributed by atoms with van der Waals surface area (Å²) in [5.41, 5.74) is 3.26. The first-order chi connectivity index (χ1) is 17.0. The van der Waals surface area contributed by atoms with Crippen LogP contribution in [0.2, 0.25) is 0 Å². The zero-order valence-corrected chi connectivity index (χ0v) is 20.5. The van der Waals surface area contributed by atoms with Crippen LogP contribution in [0.3, 0.4) is 0 Å². The number of carbonyl (C=O) groups excluding carboxylic acids is 1. The first kappa shape index (κ1) is 23.4. The second-order valence-electron chi connectivity index (χ2n) is 8.58. The predicted molar refractivity (Wildman–Crippen MR) is 132 cm³/mol. The minimum atomic E-state index is -0.303. The number of ether oxygens (including phenoxy) is 1. The van der Waals surface area contributed by atoms with E-state index in [0.717, 1.165) is 42.2 Å². The Labute approximate surface area is 207 Å².